The first-order valence-corrected chi connectivity index (χ1v) is 8.75. The van der Waals surface area contributed by atoms with Crippen LogP contribution in [0.5, 0.6) is 17.4 Å². The number of aliphatic imine (C=N–C) groups is 1. The molecule has 1 heterocycles. The third kappa shape index (κ3) is 5.65. The van der Waals surface area contributed by atoms with Crippen molar-refractivity contribution in [3.05, 3.63) is 48.2 Å². The van der Waals surface area contributed by atoms with Crippen LogP contribution in [-0.4, -0.2) is 55.5 Å². The summed E-state index contributed by atoms with van der Waals surface area (Å²) in [5.41, 5.74) is 0.931. The minimum Gasteiger partial charge on any atom is -0.494 e. The van der Waals surface area contributed by atoms with Gasteiger partial charge < -0.3 is 19.3 Å². The van der Waals surface area contributed by atoms with Crippen molar-refractivity contribution in [2.45, 2.75) is 19.9 Å². The molecule has 0 spiro atoms. The number of aromatic nitrogens is 1. The predicted octanol–water partition coefficient (Wildman–Crippen LogP) is 3.64. The Morgan fingerprint density at radius 3 is 2.27 bits per heavy atom. The van der Waals surface area contributed by atoms with Crippen LogP contribution in [0, 0.1) is 0 Å². The highest BCUT2D eigenvalue weighted by molar-refractivity contribution is 5.79. The van der Waals surface area contributed by atoms with Gasteiger partial charge in [0.25, 0.3) is 0 Å². The topological polar surface area (TPSA) is 50.2 Å². The molecule has 6 heteroatoms. The standard InChI is InChI=1S/C20H28N4O2/c1-6-14-25-17-9-11-18(12-10-17)26-19-16(8-7-13-21-19)15-22-20(23(2)3)24(4)5/h7-13H,6,14-15H2,1-5H3. The molecular weight excluding hydrogens is 328 g/mol. The van der Waals surface area contributed by atoms with Crippen LogP contribution >= 0.6 is 0 Å². The second kappa shape index (κ2) is 9.65. The van der Waals surface area contributed by atoms with Crippen molar-refractivity contribution in [3.8, 4) is 17.4 Å². The van der Waals surface area contributed by atoms with E-state index in [0.717, 1.165) is 29.4 Å². The third-order valence-electron chi connectivity index (χ3n) is 3.55. The predicted molar refractivity (Wildman–Crippen MR) is 105 cm³/mol. The summed E-state index contributed by atoms with van der Waals surface area (Å²) in [4.78, 5) is 13.0. The molecule has 0 amide bonds. The molecule has 1 aromatic carbocycles. The molecule has 0 fully saturated rings. The number of ether oxygens (including phenoxy) is 2. The molecule has 2 rings (SSSR count). The summed E-state index contributed by atoms with van der Waals surface area (Å²) in [6.07, 6.45) is 2.71. The SMILES string of the molecule is CCCOc1ccc(Oc2ncccc2CN=C(N(C)C)N(C)C)cc1. The molecule has 0 N–H and O–H groups in total. The van der Waals surface area contributed by atoms with Crippen molar-refractivity contribution in [1.29, 1.82) is 0 Å². The molecule has 0 aliphatic rings. The Morgan fingerprint density at radius 1 is 1.00 bits per heavy atom. The molecule has 26 heavy (non-hydrogen) atoms. The van der Waals surface area contributed by atoms with Crippen LogP contribution in [0.3, 0.4) is 0 Å². The van der Waals surface area contributed by atoms with Gasteiger partial charge in [-0.15, -0.1) is 0 Å². The zero-order valence-corrected chi connectivity index (χ0v) is 16.3. The smallest absolute Gasteiger partial charge is 0.224 e. The zero-order valence-electron chi connectivity index (χ0n) is 16.3. The number of rotatable bonds is 7. The van der Waals surface area contributed by atoms with Crippen LogP contribution in [0.15, 0.2) is 47.6 Å². The van der Waals surface area contributed by atoms with E-state index in [0.29, 0.717) is 19.0 Å². The quantitative estimate of drug-likeness (QED) is 0.560. The molecule has 0 radical (unpaired) electrons. The molecule has 6 nitrogen and oxygen atoms in total. The Bertz CT molecular complexity index is 702. The van der Waals surface area contributed by atoms with Gasteiger partial charge in [0.05, 0.1) is 13.2 Å². The van der Waals surface area contributed by atoms with Gasteiger partial charge >= 0.3 is 0 Å². The number of hydrogen-bond donors (Lipinski definition) is 0. The third-order valence-corrected chi connectivity index (χ3v) is 3.55. The van der Waals surface area contributed by atoms with Crippen LogP contribution in [0.25, 0.3) is 0 Å². The highest BCUT2D eigenvalue weighted by Gasteiger charge is 2.09. The van der Waals surface area contributed by atoms with Crippen molar-refractivity contribution in [2.24, 2.45) is 4.99 Å². The molecule has 0 saturated carbocycles. The van der Waals surface area contributed by atoms with E-state index in [-0.39, 0.29) is 0 Å². The molecule has 0 bridgehead atoms. The molecule has 1 aromatic heterocycles. The first kappa shape index (κ1) is 19.6. The van der Waals surface area contributed by atoms with Crippen LogP contribution in [-0.2, 0) is 6.54 Å². The second-order valence-electron chi connectivity index (χ2n) is 6.29. The minimum absolute atomic E-state index is 0.493. The van der Waals surface area contributed by atoms with Crippen LogP contribution in [0.4, 0.5) is 0 Å². The van der Waals surface area contributed by atoms with E-state index in [9.17, 15) is 0 Å². The number of benzene rings is 1. The van der Waals surface area contributed by atoms with Crippen molar-refractivity contribution in [3.63, 3.8) is 0 Å². The zero-order chi connectivity index (χ0) is 18.9. The van der Waals surface area contributed by atoms with Crippen LogP contribution in [0.1, 0.15) is 18.9 Å². The summed E-state index contributed by atoms with van der Waals surface area (Å²) >= 11 is 0. The fraction of sp³-hybridized carbons (Fsp3) is 0.400. The minimum atomic E-state index is 0.493. The lowest BCUT2D eigenvalue weighted by Crippen LogP contribution is -2.35. The van der Waals surface area contributed by atoms with Gasteiger partial charge in [-0.2, -0.15) is 0 Å². The van der Waals surface area contributed by atoms with E-state index in [2.05, 4.69) is 16.9 Å². The number of guanidine groups is 1. The van der Waals surface area contributed by atoms with E-state index in [1.165, 1.54) is 0 Å². The van der Waals surface area contributed by atoms with Gasteiger partial charge in [0.2, 0.25) is 5.88 Å². The Morgan fingerprint density at radius 2 is 1.65 bits per heavy atom. The maximum absolute atomic E-state index is 5.96. The summed E-state index contributed by atoms with van der Waals surface area (Å²) in [7, 11) is 7.90. The van der Waals surface area contributed by atoms with E-state index in [1.54, 1.807) is 6.20 Å². The average molecular weight is 356 g/mol. The van der Waals surface area contributed by atoms with E-state index < -0.39 is 0 Å². The van der Waals surface area contributed by atoms with E-state index in [4.69, 9.17) is 9.47 Å². The van der Waals surface area contributed by atoms with Gasteiger partial charge in [0.15, 0.2) is 5.96 Å². The molecule has 0 unspecified atom stereocenters. The molecule has 140 valence electrons. The van der Waals surface area contributed by atoms with Crippen molar-refractivity contribution in [2.75, 3.05) is 34.8 Å². The van der Waals surface area contributed by atoms with Crippen molar-refractivity contribution in [1.82, 2.24) is 14.8 Å². The van der Waals surface area contributed by atoms with Crippen molar-refractivity contribution < 1.29 is 9.47 Å². The fourth-order valence-corrected chi connectivity index (χ4v) is 2.41. The van der Waals surface area contributed by atoms with Crippen LogP contribution in [0.2, 0.25) is 0 Å². The van der Waals surface area contributed by atoms with Crippen LogP contribution < -0.4 is 9.47 Å². The summed E-state index contributed by atoms with van der Waals surface area (Å²) in [6.45, 7) is 3.29. The van der Waals surface area contributed by atoms with Gasteiger partial charge in [-0.1, -0.05) is 13.0 Å². The van der Waals surface area contributed by atoms with Crippen molar-refractivity contribution >= 4 is 5.96 Å². The Balaban J connectivity index is 2.12. The van der Waals surface area contributed by atoms with Gasteiger partial charge in [0, 0.05) is 40.0 Å². The molecule has 0 atom stereocenters. The van der Waals surface area contributed by atoms with Gasteiger partial charge in [-0.05, 0) is 36.8 Å². The first-order valence-electron chi connectivity index (χ1n) is 8.75. The van der Waals surface area contributed by atoms with Gasteiger partial charge in [-0.3, -0.25) is 0 Å². The summed E-state index contributed by atoms with van der Waals surface area (Å²) < 4.78 is 11.6. The van der Waals surface area contributed by atoms with Gasteiger partial charge in [-0.25, -0.2) is 9.98 Å². The lowest BCUT2D eigenvalue weighted by Gasteiger charge is -2.22. The maximum atomic E-state index is 5.96. The maximum Gasteiger partial charge on any atom is 0.224 e. The first-order chi connectivity index (χ1) is 12.5. The lowest BCUT2D eigenvalue weighted by atomic mass is 10.2. The highest BCUT2D eigenvalue weighted by atomic mass is 16.5. The summed E-state index contributed by atoms with van der Waals surface area (Å²) in [5, 5.41) is 0. The summed E-state index contributed by atoms with van der Waals surface area (Å²) in [5.74, 6) is 3.01. The second-order valence-corrected chi connectivity index (χ2v) is 6.29. The molecule has 0 aliphatic heterocycles. The molecule has 2 aromatic rings. The Hall–Kier alpha value is -2.76. The number of nitrogens with zero attached hydrogens (tertiary/aromatic N) is 4. The number of pyridine rings is 1. The van der Waals surface area contributed by atoms with E-state index >= 15 is 0 Å². The Labute approximate surface area is 156 Å². The largest absolute Gasteiger partial charge is 0.494 e. The Kier molecular flexibility index (Phi) is 7.26. The summed E-state index contributed by atoms with van der Waals surface area (Å²) in [6, 6.07) is 11.5. The van der Waals surface area contributed by atoms with E-state index in [1.807, 2.05) is 74.4 Å². The fourth-order valence-electron chi connectivity index (χ4n) is 2.41. The monoisotopic (exact) mass is 356 g/mol. The molecular formula is C20H28N4O2. The highest BCUT2D eigenvalue weighted by Crippen LogP contribution is 2.25. The molecule has 0 saturated heterocycles. The number of hydrogen-bond acceptors (Lipinski definition) is 4. The normalized spacial score (nSPS) is 10.2. The van der Waals surface area contributed by atoms with Gasteiger partial charge in [0.1, 0.15) is 11.5 Å². The lowest BCUT2D eigenvalue weighted by molar-refractivity contribution is 0.317. The molecule has 0 aliphatic carbocycles. The average Bonchev–Trinajstić information content (AvgIpc) is 2.62.